The monoisotopic (exact) mass is 180 g/mol. The molecule has 0 amide bonds. The average Bonchev–Trinajstić information content (AvgIpc) is 2.07. The Hall–Kier alpha value is -0.960. The lowest BCUT2D eigenvalue weighted by molar-refractivity contribution is 0.0933. The van der Waals surface area contributed by atoms with Gasteiger partial charge >= 0.3 is 0 Å². The molecule has 1 aromatic carbocycles. The Kier molecular flexibility index (Phi) is 1.81. The standard InChI is InChI=1S/C9H8O2S/c10-8-3-4-11-9-2-1-6(12)5-7(8)9/h1-2,5,12H,3-4H2. The number of hydrogen-bond acceptors (Lipinski definition) is 3. The number of Topliss-reactive ketones (excluding diaryl/α,β-unsaturated/α-hetero) is 1. The molecule has 0 fully saturated rings. The van der Waals surface area contributed by atoms with Crippen molar-refractivity contribution in [2.75, 3.05) is 6.61 Å². The van der Waals surface area contributed by atoms with Crippen LogP contribution in [0.15, 0.2) is 23.1 Å². The number of rotatable bonds is 0. The summed E-state index contributed by atoms with van der Waals surface area (Å²) in [5.41, 5.74) is 0.661. The van der Waals surface area contributed by atoms with Gasteiger partial charge in [-0.1, -0.05) is 0 Å². The molecule has 1 aliphatic rings. The van der Waals surface area contributed by atoms with Gasteiger partial charge in [0.15, 0.2) is 5.78 Å². The van der Waals surface area contributed by atoms with Crippen LogP contribution in [0.25, 0.3) is 0 Å². The second-order valence-corrected chi connectivity index (χ2v) is 3.22. The molecule has 0 saturated heterocycles. The van der Waals surface area contributed by atoms with E-state index in [2.05, 4.69) is 12.6 Å². The Morgan fingerprint density at radius 3 is 3.08 bits per heavy atom. The highest BCUT2D eigenvalue weighted by atomic mass is 32.1. The lowest BCUT2D eigenvalue weighted by Crippen LogP contribution is -2.14. The molecule has 2 rings (SSSR count). The second-order valence-electron chi connectivity index (χ2n) is 2.70. The van der Waals surface area contributed by atoms with Crippen LogP contribution in [0.3, 0.4) is 0 Å². The van der Waals surface area contributed by atoms with Gasteiger partial charge in [0, 0.05) is 11.3 Å². The molecule has 3 heteroatoms. The maximum atomic E-state index is 11.3. The van der Waals surface area contributed by atoms with Crippen LogP contribution in [0.1, 0.15) is 16.8 Å². The van der Waals surface area contributed by atoms with Crippen molar-refractivity contribution >= 4 is 18.4 Å². The van der Waals surface area contributed by atoms with E-state index in [-0.39, 0.29) is 5.78 Å². The minimum absolute atomic E-state index is 0.146. The Bertz CT molecular complexity index is 333. The summed E-state index contributed by atoms with van der Waals surface area (Å²) in [6.45, 7) is 0.498. The SMILES string of the molecule is O=C1CCOc2ccc(S)cc21. The number of fused-ring (bicyclic) bond motifs is 1. The average molecular weight is 180 g/mol. The van der Waals surface area contributed by atoms with Gasteiger partial charge in [0.25, 0.3) is 0 Å². The molecule has 1 heterocycles. The number of thiol groups is 1. The summed E-state index contributed by atoms with van der Waals surface area (Å²) in [5, 5.41) is 0. The van der Waals surface area contributed by atoms with Gasteiger partial charge in [-0.25, -0.2) is 0 Å². The van der Waals surface area contributed by atoms with Crippen molar-refractivity contribution in [3.8, 4) is 5.75 Å². The summed E-state index contributed by atoms with van der Waals surface area (Å²) in [6.07, 6.45) is 0.476. The normalized spacial score (nSPS) is 15.2. The van der Waals surface area contributed by atoms with Crippen LogP contribution >= 0.6 is 12.6 Å². The van der Waals surface area contributed by atoms with Crippen LogP contribution in [0.2, 0.25) is 0 Å². The van der Waals surface area contributed by atoms with Gasteiger partial charge < -0.3 is 4.74 Å². The molecule has 0 aliphatic carbocycles. The highest BCUT2D eigenvalue weighted by Crippen LogP contribution is 2.26. The van der Waals surface area contributed by atoms with Crippen molar-refractivity contribution in [2.45, 2.75) is 11.3 Å². The number of carbonyl (C=O) groups is 1. The summed E-state index contributed by atoms with van der Waals surface area (Å²) in [6, 6.07) is 5.36. The summed E-state index contributed by atoms with van der Waals surface area (Å²) in [5.74, 6) is 0.830. The fourth-order valence-corrected chi connectivity index (χ4v) is 1.45. The van der Waals surface area contributed by atoms with Crippen LogP contribution in [0.5, 0.6) is 5.75 Å². The van der Waals surface area contributed by atoms with Crippen molar-refractivity contribution in [1.29, 1.82) is 0 Å². The van der Waals surface area contributed by atoms with E-state index in [9.17, 15) is 4.79 Å². The second kappa shape index (κ2) is 2.83. The zero-order valence-electron chi connectivity index (χ0n) is 6.41. The van der Waals surface area contributed by atoms with Gasteiger partial charge in [-0.3, -0.25) is 4.79 Å². The molecule has 0 aromatic heterocycles. The first-order chi connectivity index (χ1) is 5.77. The molecule has 1 aromatic rings. The van der Waals surface area contributed by atoms with E-state index in [1.54, 1.807) is 12.1 Å². The van der Waals surface area contributed by atoms with Gasteiger partial charge in [-0.05, 0) is 18.2 Å². The molecule has 0 N–H and O–H groups in total. The molecule has 0 spiro atoms. The van der Waals surface area contributed by atoms with Crippen molar-refractivity contribution < 1.29 is 9.53 Å². The van der Waals surface area contributed by atoms with E-state index in [1.165, 1.54) is 0 Å². The summed E-state index contributed by atoms with van der Waals surface area (Å²) in [4.78, 5) is 12.1. The van der Waals surface area contributed by atoms with E-state index >= 15 is 0 Å². The van der Waals surface area contributed by atoms with E-state index in [4.69, 9.17) is 4.74 Å². The predicted octanol–water partition coefficient (Wildman–Crippen LogP) is 1.94. The van der Waals surface area contributed by atoms with Crippen LogP contribution in [-0.4, -0.2) is 12.4 Å². The van der Waals surface area contributed by atoms with Crippen LogP contribution in [-0.2, 0) is 0 Å². The molecular weight excluding hydrogens is 172 g/mol. The quantitative estimate of drug-likeness (QED) is 0.617. The van der Waals surface area contributed by atoms with Crippen LogP contribution in [0, 0.1) is 0 Å². The first kappa shape index (κ1) is 7.68. The van der Waals surface area contributed by atoms with E-state index in [1.807, 2.05) is 6.07 Å². The predicted molar refractivity (Wildman–Crippen MR) is 48.1 cm³/mol. The zero-order chi connectivity index (χ0) is 8.55. The molecular formula is C9H8O2S. The van der Waals surface area contributed by atoms with E-state index < -0.39 is 0 Å². The third-order valence-corrected chi connectivity index (χ3v) is 2.13. The summed E-state index contributed by atoms with van der Waals surface area (Å²) >= 11 is 4.15. The number of ketones is 1. The number of ether oxygens (including phenoxy) is 1. The molecule has 0 saturated carbocycles. The van der Waals surface area contributed by atoms with Crippen LogP contribution in [0.4, 0.5) is 0 Å². The molecule has 62 valence electrons. The van der Waals surface area contributed by atoms with Crippen molar-refractivity contribution in [3.63, 3.8) is 0 Å². The first-order valence-corrected chi connectivity index (χ1v) is 4.21. The fraction of sp³-hybridized carbons (Fsp3) is 0.222. The van der Waals surface area contributed by atoms with E-state index in [0.29, 0.717) is 24.3 Å². The van der Waals surface area contributed by atoms with Crippen LogP contribution < -0.4 is 4.74 Å². The van der Waals surface area contributed by atoms with E-state index in [0.717, 1.165) is 4.90 Å². The van der Waals surface area contributed by atoms with Gasteiger partial charge in [0.1, 0.15) is 5.75 Å². The van der Waals surface area contributed by atoms with Gasteiger partial charge in [0.05, 0.1) is 12.2 Å². The van der Waals surface area contributed by atoms with Crippen molar-refractivity contribution in [3.05, 3.63) is 23.8 Å². The number of benzene rings is 1. The largest absolute Gasteiger partial charge is 0.492 e. The van der Waals surface area contributed by atoms with Gasteiger partial charge in [-0.15, -0.1) is 12.6 Å². The maximum absolute atomic E-state index is 11.3. The molecule has 2 nitrogen and oxygen atoms in total. The van der Waals surface area contributed by atoms with Gasteiger partial charge in [0.2, 0.25) is 0 Å². The number of hydrogen-bond donors (Lipinski definition) is 1. The smallest absolute Gasteiger partial charge is 0.170 e. The van der Waals surface area contributed by atoms with Crippen molar-refractivity contribution in [1.82, 2.24) is 0 Å². The Balaban J connectivity index is 2.54. The van der Waals surface area contributed by atoms with Gasteiger partial charge in [-0.2, -0.15) is 0 Å². The Labute approximate surface area is 76.0 Å². The third kappa shape index (κ3) is 1.20. The maximum Gasteiger partial charge on any atom is 0.170 e. The summed E-state index contributed by atoms with van der Waals surface area (Å²) < 4.78 is 5.29. The summed E-state index contributed by atoms with van der Waals surface area (Å²) in [7, 11) is 0. The first-order valence-electron chi connectivity index (χ1n) is 3.76. The number of carbonyl (C=O) groups excluding carboxylic acids is 1. The molecule has 0 unspecified atom stereocenters. The molecule has 1 aliphatic heterocycles. The minimum Gasteiger partial charge on any atom is -0.492 e. The van der Waals surface area contributed by atoms with Crippen molar-refractivity contribution in [2.24, 2.45) is 0 Å². The molecule has 0 atom stereocenters. The molecule has 12 heavy (non-hydrogen) atoms. The highest BCUT2D eigenvalue weighted by Gasteiger charge is 2.17. The Morgan fingerprint density at radius 1 is 1.42 bits per heavy atom. The topological polar surface area (TPSA) is 26.3 Å². The lowest BCUT2D eigenvalue weighted by atomic mass is 10.1. The third-order valence-electron chi connectivity index (χ3n) is 1.85. The molecule has 0 bridgehead atoms. The zero-order valence-corrected chi connectivity index (χ0v) is 7.30. The highest BCUT2D eigenvalue weighted by molar-refractivity contribution is 7.80. The molecule has 0 radical (unpaired) electrons. The minimum atomic E-state index is 0.146. The Morgan fingerprint density at radius 2 is 2.25 bits per heavy atom. The fourth-order valence-electron chi connectivity index (χ4n) is 1.25. The lowest BCUT2D eigenvalue weighted by Gasteiger charge is -2.15.